The summed E-state index contributed by atoms with van der Waals surface area (Å²) in [6.07, 6.45) is 0. The highest BCUT2D eigenvalue weighted by Crippen LogP contribution is 2.29. The first kappa shape index (κ1) is 13.8. The fraction of sp³-hybridized carbons (Fsp3) is 0. The molecule has 4 aromatic rings. The zero-order chi connectivity index (χ0) is 12.8. The molecule has 0 saturated heterocycles. The van der Waals surface area contributed by atoms with E-state index in [1.165, 1.54) is 37.6 Å². The van der Waals surface area contributed by atoms with Gasteiger partial charge in [0.15, 0.2) is 0 Å². The molecule has 0 nitrogen and oxygen atoms in total. The average molecular weight is 387 g/mol. The van der Waals surface area contributed by atoms with Gasteiger partial charge in [0.25, 0.3) is 0 Å². The number of benzene rings is 4. The molecule has 1 atom stereocenters. The second kappa shape index (κ2) is 5.31. The van der Waals surface area contributed by atoms with Crippen molar-refractivity contribution in [2.45, 2.75) is 0 Å². The minimum Gasteiger partial charge on any atom is -1.00 e. The van der Waals surface area contributed by atoms with Gasteiger partial charge in [-0.15, -0.1) is 9.24 Å². The minimum atomic E-state index is 0. The zero-order valence-electron chi connectivity index (χ0n) is 10.8. The maximum atomic E-state index is 2.85. The van der Waals surface area contributed by atoms with Crippen LogP contribution in [0.5, 0.6) is 0 Å². The quantitative estimate of drug-likeness (QED) is 0.186. The summed E-state index contributed by atoms with van der Waals surface area (Å²) in [6, 6.07) is 24.0. The molecule has 0 amide bonds. The molecule has 0 bridgehead atoms. The predicted octanol–water partition coefficient (Wildman–Crippen LogP) is 1.65. The van der Waals surface area contributed by atoms with Gasteiger partial charge in [-0.05, 0) is 49.8 Å². The van der Waals surface area contributed by atoms with Crippen LogP contribution >= 0.6 is 9.24 Å². The van der Waals surface area contributed by atoms with Crippen molar-refractivity contribution in [3.63, 3.8) is 0 Å². The van der Waals surface area contributed by atoms with Gasteiger partial charge in [0.2, 0.25) is 0 Å². The molecule has 0 saturated carbocycles. The number of rotatable bonds is 0. The normalized spacial score (nSPS) is 10.8. The third-order valence-corrected chi connectivity index (χ3v) is 4.24. The molecule has 2 heteroatoms. The highest BCUT2D eigenvalue weighted by Gasteiger charge is 2.04. The summed E-state index contributed by atoms with van der Waals surface area (Å²) >= 11 is 0. The fourth-order valence-corrected chi connectivity index (χ4v) is 3.26. The molecule has 0 radical (unpaired) electrons. The third-order valence-electron chi connectivity index (χ3n) is 3.76. The van der Waals surface area contributed by atoms with Crippen LogP contribution < -0.4 is 29.3 Å². The second-order valence-corrected chi connectivity index (χ2v) is 5.55. The van der Waals surface area contributed by atoms with Crippen LogP contribution in [0.1, 0.15) is 0 Å². The molecule has 0 aromatic heterocycles. The fourth-order valence-electron chi connectivity index (χ4n) is 2.83. The Morgan fingerprint density at radius 1 is 0.600 bits per heavy atom. The van der Waals surface area contributed by atoms with E-state index in [-0.39, 0.29) is 24.0 Å². The van der Waals surface area contributed by atoms with Crippen molar-refractivity contribution >= 4 is 46.9 Å². The van der Waals surface area contributed by atoms with E-state index in [0.29, 0.717) is 0 Å². The first-order valence-corrected chi connectivity index (χ1v) is 7.00. The molecule has 1 unspecified atom stereocenters. The second-order valence-electron chi connectivity index (χ2n) is 4.93. The summed E-state index contributed by atoms with van der Waals surface area (Å²) in [4.78, 5) is 0. The van der Waals surface area contributed by atoms with Crippen molar-refractivity contribution in [1.29, 1.82) is 0 Å². The van der Waals surface area contributed by atoms with Gasteiger partial charge in [-0.25, -0.2) is 0 Å². The summed E-state index contributed by atoms with van der Waals surface area (Å²) < 4.78 is 0. The summed E-state index contributed by atoms with van der Waals surface area (Å²) in [5, 5.41) is 9.15. The van der Waals surface area contributed by atoms with Gasteiger partial charge in [-0.2, -0.15) is 0 Å². The maximum absolute atomic E-state index is 2.85. The summed E-state index contributed by atoms with van der Waals surface area (Å²) in [5.74, 6) is 0. The van der Waals surface area contributed by atoms with Crippen LogP contribution in [0.2, 0.25) is 0 Å². The Morgan fingerprint density at radius 3 is 2.05 bits per heavy atom. The molecule has 0 aliphatic rings. The van der Waals surface area contributed by atoms with E-state index < -0.39 is 0 Å². The van der Waals surface area contributed by atoms with Crippen LogP contribution in [0.3, 0.4) is 0 Å². The van der Waals surface area contributed by atoms with Crippen LogP contribution in [-0.2, 0) is 0 Å². The molecule has 0 aliphatic heterocycles. The number of hydrogen-bond donors (Lipinski definition) is 0. The Bertz CT molecular complexity index is 928. The molecule has 4 rings (SSSR count). The van der Waals surface area contributed by atoms with Crippen molar-refractivity contribution in [3.05, 3.63) is 66.7 Å². The Morgan fingerprint density at radius 2 is 1.25 bits per heavy atom. The molecule has 0 heterocycles. The lowest BCUT2D eigenvalue weighted by molar-refractivity contribution is -0.00000340. The third kappa shape index (κ3) is 2.10. The zero-order valence-corrected chi connectivity index (χ0v) is 14.1. The van der Waals surface area contributed by atoms with Gasteiger partial charge < -0.3 is 24.0 Å². The van der Waals surface area contributed by atoms with E-state index in [9.17, 15) is 0 Å². The topological polar surface area (TPSA) is 0 Å². The average Bonchev–Trinajstić information content (AvgIpc) is 2.45. The molecule has 20 heavy (non-hydrogen) atoms. The Labute approximate surface area is 137 Å². The summed E-state index contributed by atoms with van der Waals surface area (Å²) in [7, 11) is 2.85. The van der Waals surface area contributed by atoms with Gasteiger partial charge in [-0.3, -0.25) is 0 Å². The lowest BCUT2D eigenvalue weighted by Crippen LogP contribution is -3.00. The number of fused-ring (bicyclic) bond motifs is 4. The first-order valence-electron chi connectivity index (χ1n) is 6.43. The van der Waals surface area contributed by atoms with Gasteiger partial charge in [0.1, 0.15) is 0 Å². The minimum absolute atomic E-state index is 0. The van der Waals surface area contributed by atoms with Crippen LogP contribution in [0.4, 0.5) is 0 Å². The first-order chi connectivity index (χ1) is 9.33. The van der Waals surface area contributed by atoms with E-state index in [1.54, 1.807) is 0 Å². The van der Waals surface area contributed by atoms with Crippen molar-refractivity contribution in [3.8, 4) is 0 Å². The molecule has 0 fully saturated rings. The van der Waals surface area contributed by atoms with Crippen molar-refractivity contribution in [1.82, 2.24) is 0 Å². The van der Waals surface area contributed by atoms with Crippen LogP contribution in [0.25, 0.3) is 32.3 Å². The SMILES string of the molecule is Pc1cccc2ccc3cc4ccccc4cc3c12.[I-]. The van der Waals surface area contributed by atoms with Gasteiger partial charge in [-0.1, -0.05) is 54.6 Å². The number of halogens is 1. The van der Waals surface area contributed by atoms with Crippen LogP contribution in [0, 0.1) is 0 Å². The van der Waals surface area contributed by atoms with Gasteiger partial charge >= 0.3 is 0 Å². The standard InChI is InChI=1S/C18H13P.HI/c19-17-7-3-6-12-8-9-15-10-13-4-1-2-5-14(13)11-16(15)18(12)17;/h1-11H,19H2;1H/p-1. The summed E-state index contributed by atoms with van der Waals surface area (Å²) in [6.45, 7) is 0. The number of hydrogen-bond acceptors (Lipinski definition) is 0. The Balaban J connectivity index is 0.00000121. The smallest absolute Gasteiger partial charge is 0.00335 e. The molecule has 98 valence electrons. The van der Waals surface area contributed by atoms with E-state index in [4.69, 9.17) is 0 Å². The van der Waals surface area contributed by atoms with Crippen LogP contribution in [-0.4, -0.2) is 0 Å². The maximum Gasteiger partial charge on any atom is -0.00335 e. The monoisotopic (exact) mass is 387 g/mol. The molecular weight excluding hydrogens is 374 g/mol. The lowest BCUT2D eigenvalue weighted by Gasteiger charge is -2.08. The summed E-state index contributed by atoms with van der Waals surface area (Å²) in [5.41, 5.74) is 0. The Kier molecular flexibility index (Phi) is 3.66. The van der Waals surface area contributed by atoms with Crippen molar-refractivity contribution < 1.29 is 24.0 Å². The molecule has 0 aliphatic carbocycles. The van der Waals surface area contributed by atoms with E-state index in [0.717, 1.165) is 0 Å². The van der Waals surface area contributed by atoms with Crippen LogP contribution in [0.15, 0.2) is 66.7 Å². The molecule has 4 aromatic carbocycles. The van der Waals surface area contributed by atoms with E-state index in [2.05, 4.69) is 76.0 Å². The molecule has 0 N–H and O–H groups in total. The lowest BCUT2D eigenvalue weighted by atomic mass is 9.98. The van der Waals surface area contributed by atoms with E-state index in [1.807, 2.05) is 0 Å². The molecular formula is C18H13IP-. The largest absolute Gasteiger partial charge is 1.00 e. The van der Waals surface area contributed by atoms with Crippen molar-refractivity contribution in [2.24, 2.45) is 0 Å². The van der Waals surface area contributed by atoms with E-state index >= 15 is 0 Å². The highest BCUT2D eigenvalue weighted by atomic mass is 127. The molecule has 0 spiro atoms. The highest BCUT2D eigenvalue weighted by molar-refractivity contribution is 7.28. The van der Waals surface area contributed by atoms with Gasteiger partial charge in [0.05, 0.1) is 0 Å². The van der Waals surface area contributed by atoms with Gasteiger partial charge in [0, 0.05) is 0 Å². The Hall–Kier alpha value is -1.18. The predicted molar refractivity (Wildman–Crippen MR) is 88.3 cm³/mol. The van der Waals surface area contributed by atoms with Crippen molar-refractivity contribution in [2.75, 3.05) is 0 Å².